The number of nitrogens with one attached hydrogen (secondary N) is 2. The van der Waals surface area contributed by atoms with Gasteiger partial charge in [-0.05, 0) is 66.8 Å². The summed E-state index contributed by atoms with van der Waals surface area (Å²) in [6, 6.07) is 13.0. The summed E-state index contributed by atoms with van der Waals surface area (Å²) in [5.41, 5.74) is 4.73. The molecule has 0 fully saturated rings. The summed E-state index contributed by atoms with van der Waals surface area (Å²) in [6.45, 7) is 0. The second kappa shape index (κ2) is 8.53. The molecule has 2 amide bonds. The van der Waals surface area contributed by atoms with Crippen LogP contribution in [0.1, 0.15) is 27.9 Å². The number of hydrogen-bond acceptors (Lipinski definition) is 4. The Labute approximate surface area is 173 Å². The number of rotatable bonds is 6. The van der Waals surface area contributed by atoms with E-state index in [1.165, 1.54) is 29.3 Å². The van der Waals surface area contributed by atoms with Gasteiger partial charge < -0.3 is 15.2 Å². The summed E-state index contributed by atoms with van der Waals surface area (Å²) in [6.07, 6.45) is 6.92. The molecule has 0 bridgehead atoms. The highest BCUT2D eigenvalue weighted by molar-refractivity contribution is 7.99. The van der Waals surface area contributed by atoms with Crippen LogP contribution in [0.5, 0.6) is 0 Å². The van der Waals surface area contributed by atoms with E-state index in [1.807, 2.05) is 23.9 Å². The number of thioether (sulfide) groups is 1. The summed E-state index contributed by atoms with van der Waals surface area (Å²) in [5.74, 6) is -0.00897. The first-order chi connectivity index (χ1) is 14.1. The SMILES string of the molecule is Cn1ccnc1SCC(=O)Nc1ccc(C(=O)Nc2ccc3c(c2)CCC3)cc1. The number of aryl methyl sites for hydroxylation is 3. The fourth-order valence-electron chi connectivity index (χ4n) is 3.38. The third-order valence-corrected chi connectivity index (χ3v) is 5.95. The molecule has 1 aliphatic rings. The summed E-state index contributed by atoms with van der Waals surface area (Å²) in [5, 5.41) is 6.58. The molecule has 0 saturated carbocycles. The Morgan fingerprint density at radius 2 is 1.79 bits per heavy atom. The number of amides is 2. The number of aromatic nitrogens is 2. The number of nitrogens with zero attached hydrogens (tertiary/aromatic N) is 2. The van der Waals surface area contributed by atoms with E-state index in [-0.39, 0.29) is 17.6 Å². The van der Waals surface area contributed by atoms with Gasteiger partial charge in [0.15, 0.2) is 5.16 Å². The van der Waals surface area contributed by atoms with Crippen molar-refractivity contribution in [3.05, 3.63) is 71.5 Å². The predicted molar refractivity (Wildman–Crippen MR) is 115 cm³/mol. The lowest BCUT2D eigenvalue weighted by Crippen LogP contribution is -2.15. The predicted octanol–water partition coefficient (Wildman–Crippen LogP) is 3.89. The Morgan fingerprint density at radius 1 is 1.03 bits per heavy atom. The van der Waals surface area contributed by atoms with Crippen molar-refractivity contribution < 1.29 is 9.59 Å². The average Bonchev–Trinajstić information content (AvgIpc) is 3.35. The van der Waals surface area contributed by atoms with Crippen LogP contribution in [-0.4, -0.2) is 27.1 Å². The van der Waals surface area contributed by atoms with Crippen molar-refractivity contribution in [2.45, 2.75) is 24.4 Å². The van der Waals surface area contributed by atoms with E-state index in [2.05, 4.69) is 27.8 Å². The number of hydrogen-bond donors (Lipinski definition) is 2. The van der Waals surface area contributed by atoms with Gasteiger partial charge in [0.25, 0.3) is 5.91 Å². The highest BCUT2D eigenvalue weighted by Gasteiger charge is 2.13. The van der Waals surface area contributed by atoms with Crippen LogP contribution in [0.15, 0.2) is 60.0 Å². The molecule has 1 aliphatic carbocycles. The van der Waals surface area contributed by atoms with Gasteiger partial charge in [0.2, 0.25) is 5.91 Å². The maximum atomic E-state index is 12.5. The van der Waals surface area contributed by atoms with Crippen LogP contribution in [0.4, 0.5) is 11.4 Å². The van der Waals surface area contributed by atoms with E-state index >= 15 is 0 Å². The summed E-state index contributed by atoms with van der Waals surface area (Å²) < 4.78 is 1.87. The Morgan fingerprint density at radius 3 is 2.55 bits per heavy atom. The summed E-state index contributed by atoms with van der Waals surface area (Å²) in [4.78, 5) is 28.8. The Kier molecular flexibility index (Phi) is 5.67. The third kappa shape index (κ3) is 4.68. The van der Waals surface area contributed by atoms with Crippen LogP contribution in [0.2, 0.25) is 0 Å². The van der Waals surface area contributed by atoms with Gasteiger partial charge in [-0.1, -0.05) is 17.8 Å². The lowest BCUT2D eigenvalue weighted by atomic mass is 10.1. The second-order valence-corrected chi connectivity index (χ2v) is 7.97. The zero-order valence-corrected chi connectivity index (χ0v) is 17.0. The lowest BCUT2D eigenvalue weighted by Gasteiger charge is -2.09. The number of anilines is 2. The van der Waals surface area contributed by atoms with Crippen LogP contribution < -0.4 is 10.6 Å². The standard InChI is InChI=1S/C22H22N4O2S/c1-26-12-11-23-22(26)29-14-20(27)24-18-8-6-16(7-9-18)21(28)25-19-10-5-15-3-2-4-17(15)13-19/h5-13H,2-4,14H2,1H3,(H,24,27)(H,25,28). The highest BCUT2D eigenvalue weighted by atomic mass is 32.2. The molecular weight excluding hydrogens is 384 g/mol. The van der Waals surface area contributed by atoms with Gasteiger partial charge in [-0.2, -0.15) is 0 Å². The van der Waals surface area contributed by atoms with E-state index in [0.29, 0.717) is 11.3 Å². The molecule has 1 heterocycles. The molecule has 6 nitrogen and oxygen atoms in total. The van der Waals surface area contributed by atoms with Crippen LogP contribution in [-0.2, 0) is 24.7 Å². The number of carbonyl (C=O) groups excluding carboxylic acids is 2. The fraction of sp³-hybridized carbons (Fsp3) is 0.227. The molecule has 0 unspecified atom stereocenters. The molecule has 2 N–H and O–H groups in total. The Hall–Kier alpha value is -3.06. The molecule has 148 valence electrons. The molecular formula is C22H22N4O2S. The fourth-order valence-corrected chi connectivity index (χ4v) is 4.11. The smallest absolute Gasteiger partial charge is 0.255 e. The van der Waals surface area contributed by atoms with Crippen molar-refractivity contribution in [2.24, 2.45) is 7.05 Å². The largest absolute Gasteiger partial charge is 0.329 e. The molecule has 4 rings (SSSR count). The van der Waals surface area contributed by atoms with E-state index in [0.717, 1.165) is 23.7 Å². The van der Waals surface area contributed by atoms with Crippen molar-refractivity contribution in [1.29, 1.82) is 0 Å². The highest BCUT2D eigenvalue weighted by Crippen LogP contribution is 2.25. The van der Waals surface area contributed by atoms with Gasteiger partial charge in [0.1, 0.15) is 0 Å². The maximum Gasteiger partial charge on any atom is 0.255 e. The normalized spacial score (nSPS) is 12.4. The Balaban J connectivity index is 1.31. The monoisotopic (exact) mass is 406 g/mol. The summed E-state index contributed by atoms with van der Waals surface area (Å²) >= 11 is 1.37. The molecule has 1 aromatic heterocycles. The van der Waals surface area contributed by atoms with Crippen molar-refractivity contribution in [3.63, 3.8) is 0 Å². The molecule has 0 spiro atoms. The van der Waals surface area contributed by atoms with Crippen molar-refractivity contribution >= 4 is 35.0 Å². The molecule has 3 aromatic rings. The molecule has 2 aromatic carbocycles. The van der Waals surface area contributed by atoms with Gasteiger partial charge >= 0.3 is 0 Å². The lowest BCUT2D eigenvalue weighted by molar-refractivity contribution is -0.113. The van der Waals surface area contributed by atoms with Gasteiger partial charge in [0.05, 0.1) is 5.75 Å². The van der Waals surface area contributed by atoms with Gasteiger partial charge in [-0.15, -0.1) is 0 Å². The molecule has 0 saturated heterocycles. The molecule has 0 atom stereocenters. The van der Waals surface area contributed by atoms with Crippen LogP contribution in [0.3, 0.4) is 0 Å². The van der Waals surface area contributed by atoms with E-state index in [1.54, 1.807) is 30.5 Å². The molecule has 0 radical (unpaired) electrons. The van der Waals surface area contributed by atoms with Crippen molar-refractivity contribution in [2.75, 3.05) is 16.4 Å². The number of fused-ring (bicyclic) bond motifs is 1. The van der Waals surface area contributed by atoms with Crippen molar-refractivity contribution in [3.8, 4) is 0 Å². The zero-order chi connectivity index (χ0) is 20.2. The van der Waals surface area contributed by atoms with Crippen LogP contribution in [0, 0.1) is 0 Å². The third-order valence-electron chi connectivity index (χ3n) is 4.90. The Bertz CT molecular complexity index is 1040. The number of carbonyl (C=O) groups is 2. The maximum absolute atomic E-state index is 12.5. The molecule has 29 heavy (non-hydrogen) atoms. The van der Waals surface area contributed by atoms with E-state index in [9.17, 15) is 9.59 Å². The first-order valence-electron chi connectivity index (χ1n) is 9.52. The minimum atomic E-state index is -0.161. The van der Waals surface area contributed by atoms with Crippen LogP contribution in [0.25, 0.3) is 0 Å². The van der Waals surface area contributed by atoms with Gasteiger partial charge in [-0.3, -0.25) is 9.59 Å². The first-order valence-corrected chi connectivity index (χ1v) is 10.5. The minimum absolute atomic E-state index is 0.117. The topological polar surface area (TPSA) is 76.0 Å². The average molecular weight is 407 g/mol. The van der Waals surface area contributed by atoms with Gasteiger partial charge in [0, 0.05) is 36.4 Å². The number of imidazole rings is 1. The molecule has 0 aliphatic heterocycles. The quantitative estimate of drug-likeness (QED) is 0.609. The van der Waals surface area contributed by atoms with Gasteiger partial charge in [-0.25, -0.2) is 4.98 Å². The van der Waals surface area contributed by atoms with Crippen molar-refractivity contribution in [1.82, 2.24) is 9.55 Å². The molecule has 7 heteroatoms. The minimum Gasteiger partial charge on any atom is -0.329 e. The second-order valence-electron chi connectivity index (χ2n) is 7.03. The van der Waals surface area contributed by atoms with Crippen LogP contribution >= 0.6 is 11.8 Å². The first kappa shape index (κ1) is 19.3. The van der Waals surface area contributed by atoms with E-state index in [4.69, 9.17) is 0 Å². The van der Waals surface area contributed by atoms with E-state index < -0.39 is 0 Å². The zero-order valence-electron chi connectivity index (χ0n) is 16.1. The summed E-state index contributed by atoms with van der Waals surface area (Å²) in [7, 11) is 1.89. The number of benzene rings is 2.